The number of carbonyl (C=O) groups excluding carboxylic acids is 1. The van der Waals surface area contributed by atoms with E-state index < -0.39 is 0 Å². The van der Waals surface area contributed by atoms with E-state index in [-0.39, 0.29) is 24.4 Å². The molecule has 0 aliphatic carbocycles. The molecule has 10 heteroatoms. The number of benzene rings is 1. The number of nitrogens with two attached hydrogens (primary N) is 1. The maximum absolute atomic E-state index is 12.3. The Labute approximate surface area is 185 Å². The summed E-state index contributed by atoms with van der Waals surface area (Å²) < 4.78 is 0. The molecule has 2 heterocycles. The van der Waals surface area contributed by atoms with Gasteiger partial charge >= 0.3 is 0 Å². The summed E-state index contributed by atoms with van der Waals surface area (Å²) in [6.45, 7) is 1.07. The van der Waals surface area contributed by atoms with Crippen molar-refractivity contribution < 1.29 is 4.79 Å². The third kappa shape index (κ3) is 6.17. The summed E-state index contributed by atoms with van der Waals surface area (Å²) in [5, 5.41) is 15.6. The van der Waals surface area contributed by atoms with Gasteiger partial charge in [0.2, 0.25) is 11.9 Å². The summed E-state index contributed by atoms with van der Waals surface area (Å²) >= 11 is 6.19. The molecule has 1 saturated heterocycles. The van der Waals surface area contributed by atoms with Crippen LogP contribution in [0, 0.1) is 11.3 Å². The fraction of sp³-hybridized carbons (Fsp3) is 0.286. The molecule has 1 aromatic carbocycles. The largest absolute Gasteiger partial charge is 0.403 e. The van der Waals surface area contributed by atoms with Crippen LogP contribution in [0.1, 0.15) is 18.4 Å². The van der Waals surface area contributed by atoms with Gasteiger partial charge in [-0.3, -0.25) is 9.79 Å². The lowest BCUT2D eigenvalue weighted by atomic mass is 10.2. The summed E-state index contributed by atoms with van der Waals surface area (Å²) in [5.74, 6) is 0.563. The monoisotopic (exact) mass is 438 g/mol. The number of carbonyl (C=O) groups is 1. The van der Waals surface area contributed by atoms with Crippen LogP contribution in [0.2, 0.25) is 5.02 Å². The maximum atomic E-state index is 12.3. The minimum atomic E-state index is -0.366. The molecule has 0 spiro atoms. The number of nitriles is 1. The number of aliphatic imine (C=N–C) groups is 1. The molecule has 1 aliphatic heterocycles. The predicted octanol–water partition coefficient (Wildman–Crippen LogP) is 2.54. The molecular formula is C21H23ClN8O. The lowest BCUT2D eigenvalue weighted by Crippen LogP contribution is -2.36. The van der Waals surface area contributed by atoms with Crippen LogP contribution in [0.3, 0.4) is 0 Å². The summed E-state index contributed by atoms with van der Waals surface area (Å²) in [6.07, 6.45) is 5.75. The lowest BCUT2D eigenvalue weighted by molar-refractivity contribution is -0.129. The number of amides is 1. The van der Waals surface area contributed by atoms with Crippen LogP contribution in [-0.4, -0.2) is 46.1 Å². The summed E-state index contributed by atoms with van der Waals surface area (Å²) in [6, 6.07) is 11.6. The van der Waals surface area contributed by atoms with Crippen molar-refractivity contribution in [2.24, 2.45) is 10.7 Å². The lowest BCUT2D eigenvalue weighted by Gasteiger charge is -2.18. The van der Waals surface area contributed by atoms with E-state index >= 15 is 0 Å². The number of nitrogens with one attached hydrogen (secondary N) is 2. The quantitative estimate of drug-likeness (QED) is 0.539. The molecular weight excluding hydrogens is 416 g/mol. The highest BCUT2D eigenvalue weighted by molar-refractivity contribution is 6.32. The molecule has 31 heavy (non-hydrogen) atoms. The minimum Gasteiger partial charge on any atom is -0.403 e. The van der Waals surface area contributed by atoms with E-state index in [2.05, 4.69) is 31.7 Å². The van der Waals surface area contributed by atoms with Crippen LogP contribution < -0.4 is 16.4 Å². The van der Waals surface area contributed by atoms with Crippen LogP contribution >= 0.6 is 11.6 Å². The van der Waals surface area contributed by atoms with Gasteiger partial charge in [-0.25, -0.2) is 4.98 Å². The summed E-state index contributed by atoms with van der Waals surface area (Å²) in [7, 11) is 0. The molecule has 3 rings (SSSR count). The fourth-order valence-electron chi connectivity index (χ4n) is 3.09. The fourth-order valence-corrected chi connectivity index (χ4v) is 3.25. The number of aromatic nitrogens is 2. The number of allylic oxidation sites excluding steroid dienone is 1. The standard InChI is InChI=1S/C21H23ClN8O/c22-18-13-27-21(29-20(18)26-11-15-5-2-1-3-6-15)28-16(9-23)12-25-14-19(31)30-8-4-7-17(30)10-24/h1-3,5-6,9,12-13,17H,4,7-8,11,14,23H2,(H2,26,27,28,29)/t17-/m0/s1. The number of hydrogen-bond donors (Lipinski definition) is 3. The van der Waals surface area contributed by atoms with E-state index in [0.717, 1.165) is 12.0 Å². The minimum absolute atomic E-state index is 0.0669. The molecule has 0 bridgehead atoms. The molecule has 1 fully saturated rings. The van der Waals surface area contributed by atoms with Crippen molar-refractivity contribution in [3.05, 3.63) is 59.0 Å². The first kappa shape index (κ1) is 22.1. The number of rotatable bonds is 8. The molecule has 1 amide bonds. The Hall–Kier alpha value is -3.64. The molecule has 9 nitrogen and oxygen atoms in total. The van der Waals surface area contributed by atoms with Gasteiger partial charge in [0.05, 0.1) is 18.0 Å². The van der Waals surface area contributed by atoms with Gasteiger partial charge in [0.25, 0.3) is 0 Å². The van der Waals surface area contributed by atoms with Gasteiger partial charge in [-0.1, -0.05) is 41.9 Å². The number of hydrogen-bond acceptors (Lipinski definition) is 8. The van der Waals surface area contributed by atoms with Crippen LogP contribution in [-0.2, 0) is 11.3 Å². The highest BCUT2D eigenvalue weighted by Gasteiger charge is 2.27. The van der Waals surface area contributed by atoms with Crippen LogP contribution in [0.15, 0.2) is 53.4 Å². The second-order valence-electron chi connectivity index (χ2n) is 6.82. The van der Waals surface area contributed by atoms with Gasteiger partial charge < -0.3 is 21.3 Å². The van der Waals surface area contributed by atoms with Crippen molar-refractivity contribution in [3.8, 4) is 6.07 Å². The Kier molecular flexibility index (Phi) is 7.79. The van der Waals surface area contributed by atoms with E-state index in [4.69, 9.17) is 22.6 Å². The Balaban J connectivity index is 1.58. The van der Waals surface area contributed by atoms with E-state index in [1.165, 1.54) is 18.6 Å². The highest BCUT2D eigenvalue weighted by atomic mass is 35.5. The Morgan fingerprint density at radius 1 is 1.42 bits per heavy atom. The van der Waals surface area contributed by atoms with Crippen LogP contribution in [0.5, 0.6) is 0 Å². The predicted molar refractivity (Wildman–Crippen MR) is 120 cm³/mol. The Morgan fingerprint density at radius 3 is 2.97 bits per heavy atom. The van der Waals surface area contributed by atoms with E-state index in [0.29, 0.717) is 36.0 Å². The van der Waals surface area contributed by atoms with E-state index in [1.807, 2.05) is 30.3 Å². The van der Waals surface area contributed by atoms with Gasteiger partial charge in [0.15, 0.2) is 5.82 Å². The van der Waals surface area contributed by atoms with Gasteiger partial charge in [-0.05, 0) is 18.4 Å². The van der Waals surface area contributed by atoms with Crippen molar-refractivity contribution in [1.29, 1.82) is 5.26 Å². The van der Waals surface area contributed by atoms with Gasteiger partial charge in [-0.15, -0.1) is 0 Å². The molecule has 0 radical (unpaired) electrons. The van der Waals surface area contributed by atoms with Gasteiger partial charge in [-0.2, -0.15) is 10.2 Å². The third-order valence-electron chi connectivity index (χ3n) is 4.66. The highest BCUT2D eigenvalue weighted by Crippen LogP contribution is 2.20. The normalized spacial score (nSPS) is 16.3. The molecule has 1 aromatic heterocycles. The molecule has 1 atom stereocenters. The first-order valence-electron chi connectivity index (χ1n) is 9.79. The van der Waals surface area contributed by atoms with Crippen molar-refractivity contribution >= 4 is 35.5 Å². The third-order valence-corrected chi connectivity index (χ3v) is 4.94. The first-order valence-corrected chi connectivity index (χ1v) is 10.2. The maximum Gasteiger partial charge on any atom is 0.245 e. The van der Waals surface area contributed by atoms with E-state index in [9.17, 15) is 4.79 Å². The molecule has 0 saturated carbocycles. The van der Waals surface area contributed by atoms with Crippen LogP contribution in [0.25, 0.3) is 0 Å². The van der Waals surface area contributed by atoms with Crippen molar-refractivity contribution in [2.45, 2.75) is 25.4 Å². The van der Waals surface area contributed by atoms with Crippen LogP contribution in [0.4, 0.5) is 11.8 Å². The SMILES string of the molecule is N#C[C@@H]1CCCN1C(=O)CN=CC(=CN)Nc1ncc(Cl)c(NCc2ccccc2)n1. The van der Waals surface area contributed by atoms with Crippen molar-refractivity contribution in [2.75, 3.05) is 23.7 Å². The number of halogens is 1. The average Bonchev–Trinajstić information content (AvgIpc) is 3.28. The van der Waals surface area contributed by atoms with Gasteiger partial charge in [0, 0.05) is 25.5 Å². The van der Waals surface area contributed by atoms with E-state index in [1.54, 1.807) is 4.90 Å². The second-order valence-corrected chi connectivity index (χ2v) is 7.23. The molecule has 160 valence electrons. The zero-order chi connectivity index (χ0) is 22.1. The summed E-state index contributed by atoms with van der Waals surface area (Å²) in [5.41, 5.74) is 7.16. The topological polar surface area (TPSA) is 132 Å². The second kappa shape index (κ2) is 10.9. The summed E-state index contributed by atoms with van der Waals surface area (Å²) in [4.78, 5) is 26.5. The zero-order valence-corrected chi connectivity index (χ0v) is 17.6. The molecule has 4 N–H and O–H groups in total. The molecule has 2 aromatic rings. The molecule has 1 aliphatic rings. The van der Waals surface area contributed by atoms with Gasteiger partial charge in [0.1, 0.15) is 17.6 Å². The number of anilines is 2. The zero-order valence-electron chi connectivity index (χ0n) is 16.8. The number of nitrogens with zero attached hydrogens (tertiary/aromatic N) is 5. The Morgan fingerprint density at radius 2 is 2.23 bits per heavy atom. The average molecular weight is 439 g/mol. The molecule has 0 unspecified atom stereocenters. The Bertz CT molecular complexity index is 1000. The first-order chi connectivity index (χ1) is 15.1. The van der Waals surface area contributed by atoms with Crippen molar-refractivity contribution in [1.82, 2.24) is 14.9 Å². The van der Waals surface area contributed by atoms with Crippen molar-refractivity contribution in [3.63, 3.8) is 0 Å². The number of likely N-dealkylation sites (tertiary alicyclic amines) is 1. The smallest absolute Gasteiger partial charge is 0.245 e.